The van der Waals surface area contributed by atoms with Gasteiger partial charge in [-0.25, -0.2) is 0 Å². The van der Waals surface area contributed by atoms with Gasteiger partial charge >= 0.3 is 0 Å². The van der Waals surface area contributed by atoms with Crippen LogP contribution in [0.4, 0.5) is 0 Å². The molecule has 0 spiro atoms. The summed E-state index contributed by atoms with van der Waals surface area (Å²) in [5, 5.41) is 0. The van der Waals surface area contributed by atoms with E-state index < -0.39 is 0 Å². The molecule has 2 heterocycles. The first-order valence-corrected chi connectivity index (χ1v) is 4.88. The second-order valence-corrected chi connectivity index (χ2v) is 4.55. The summed E-state index contributed by atoms with van der Waals surface area (Å²) < 4.78 is 0. The highest BCUT2D eigenvalue weighted by atomic mass is 35.5. The third-order valence-electron chi connectivity index (χ3n) is 3.46. The highest BCUT2D eigenvalue weighted by Gasteiger charge is 2.40. The monoisotopic (exact) mass is 241 g/mol. The van der Waals surface area contributed by atoms with Gasteiger partial charge in [0, 0.05) is 12.1 Å². The molecule has 4 N–H and O–H groups in total. The van der Waals surface area contributed by atoms with E-state index in [0.717, 1.165) is 12.8 Å². The Bertz CT molecular complexity index is 171. The molecule has 0 aliphatic carbocycles. The Morgan fingerprint density at radius 1 is 1.07 bits per heavy atom. The van der Waals surface area contributed by atoms with Gasteiger partial charge in [-0.3, -0.25) is 0 Å². The van der Waals surface area contributed by atoms with Crippen molar-refractivity contribution < 1.29 is 0 Å². The van der Waals surface area contributed by atoms with Gasteiger partial charge in [-0.15, -0.1) is 24.8 Å². The fraction of sp³-hybridized carbons (Fsp3) is 1.00. The summed E-state index contributed by atoms with van der Waals surface area (Å²) in [5.41, 5.74) is 11.6. The standard InChI is InChI=1S/C9H19N3.2ClH/c1-12-7-3-2-4-8(12)6-9(10,11)5-7;;/h7-8H,2-6,10-11H2,1H3;2*1H. The quantitative estimate of drug-likeness (QED) is 0.625. The molecule has 0 aromatic heterocycles. The molecule has 3 nitrogen and oxygen atoms in total. The summed E-state index contributed by atoms with van der Waals surface area (Å²) in [5.74, 6) is 0. The Balaban J connectivity index is 0.000000845. The van der Waals surface area contributed by atoms with Gasteiger partial charge < -0.3 is 16.4 Å². The number of nitrogens with two attached hydrogens (primary N) is 2. The average molecular weight is 242 g/mol. The fourth-order valence-corrected chi connectivity index (χ4v) is 2.75. The van der Waals surface area contributed by atoms with E-state index in [4.69, 9.17) is 11.5 Å². The summed E-state index contributed by atoms with van der Waals surface area (Å²) >= 11 is 0. The lowest BCUT2D eigenvalue weighted by Gasteiger charge is -2.49. The van der Waals surface area contributed by atoms with E-state index in [0.29, 0.717) is 12.1 Å². The Hall–Kier alpha value is 0.460. The lowest BCUT2D eigenvalue weighted by atomic mass is 9.79. The van der Waals surface area contributed by atoms with Crippen LogP contribution in [0.15, 0.2) is 0 Å². The minimum absolute atomic E-state index is 0. The third kappa shape index (κ3) is 2.74. The van der Waals surface area contributed by atoms with Crippen LogP contribution in [-0.4, -0.2) is 29.7 Å². The zero-order valence-corrected chi connectivity index (χ0v) is 10.2. The first kappa shape index (κ1) is 14.5. The van der Waals surface area contributed by atoms with Gasteiger partial charge in [0.2, 0.25) is 0 Å². The van der Waals surface area contributed by atoms with Crippen molar-refractivity contribution in [3.63, 3.8) is 0 Å². The average Bonchev–Trinajstić information content (AvgIpc) is 1.92. The molecule has 5 heteroatoms. The lowest BCUT2D eigenvalue weighted by Crippen LogP contribution is -2.64. The Morgan fingerprint density at radius 2 is 1.50 bits per heavy atom. The molecule has 2 aliphatic heterocycles. The predicted molar refractivity (Wildman–Crippen MR) is 64.0 cm³/mol. The second-order valence-electron chi connectivity index (χ2n) is 4.55. The molecule has 2 fully saturated rings. The minimum Gasteiger partial charge on any atom is -0.313 e. The Labute approximate surface area is 98.4 Å². The molecule has 2 saturated heterocycles. The van der Waals surface area contributed by atoms with Crippen LogP contribution in [-0.2, 0) is 0 Å². The van der Waals surface area contributed by atoms with Crippen molar-refractivity contribution in [3.05, 3.63) is 0 Å². The molecular formula is C9H21Cl2N3. The first-order chi connectivity index (χ1) is 5.58. The smallest absolute Gasteiger partial charge is 0.0666 e. The molecule has 0 aromatic rings. The third-order valence-corrected chi connectivity index (χ3v) is 3.46. The second kappa shape index (κ2) is 4.99. The van der Waals surface area contributed by atoms with Crippen molar-refractivity contribution >= 4 is 24.8 Å². The van der Waals surface area contributed by atoms with Crippen LogP contribution in [0, 0.1) is 0 Å². The molecule has 2 rings (SSSR count). The summed E-state index contributed by atoms with van der Waals surface area (Å²) in [6.07, 6.45) is 5.86. The molecule has 2 aliphatic rings. The Morgan fingerprint density at radius 3 is 1.93 bits per heavy atom. The maximum Gasteiger partial charge on any atom is 0.0666 e. The summed E-state index contributed by atoms with van der Waals surface area (Å²) in [6, 6.07) is 1.29. The highest BCUT2D eigenvalue weighted by Crippen LogP contribution is 2.34. The summed E-state index contributed by atoms with van der Waals surface area (Å²) in [7, 11) is 2.21. The highest BCUT2D eigenvalue weighted by molar-refractivity contribution is 5.85. The lowest BCUT2D eigenvalue weighted by molar-refractivity contribution is 0.0260. The van der Waals surface area contributed by atoms with Crippen LogP contribution in [0.3, 0.4) is 0 Å². The van der Waals surface area contributed by atoms with Crippen molar-refractivity contribution in [1.29, 1.82) is 0 Å². The molecule has 0 saturated carbocycles. The number of rotatable bonds is 0. The molecule has 86 valence electrons. The SMILES string of the molecule is CN1C2CCCC1CC(N)(N)C2.Cl.Cl. The molecule has 2 unspecified atom stereocenters. The van der Waals surface area contributed by atoms with E-state index >= 15 is 0 Å². The van der Waals surface area contributed by atoms with Gasteiger partial charge in [0.15, 0.2) is 0 Å². The van der Waals surface area contributed by atoms with E-state index in [1.165, 1.54) is 19.3 Å². The van der Waals surface area contributed by atoms with Gasteiger partial charge in [-0.1, -0.05) is 6.42 Å². The van der Waals surface area contributed by atoms with Crippen molar-refractivity contribution in [3.8, 4) is 0 Å². The van der Waals surface area contributed by atoms with Crippen molar-refractivity contribution in [2.75, 3.05) is 7.05 Å². The van der Waals surface area contributed by atoms with E-state index in [1.807, 2.05) is 0 Å². The van der Waals surface area contributed by atoms with Gasteiger partial charge in [-0.05, 0) is 32.7 Å². The molecule has 0 aromatic carbocycles. The van der Waals surface area contributed by atoms with Crippen LogP contribution < -0.4 is 11.5 Å². The van der Waals surface area contributed by atoms with E-state index in [-0.39, 0.29) is 30.5 Å². The maximum absolute atomic E-state index is 5.98. The molecule has 0 amide bonds. The molecular weight excluding hydrogens is 221 g/mol. The number of hydrogen-bond acceptors (Lipinski definition) is 3. The largest absolute Gasteiger partial charge is 0.313 e. The van der Waals surface area contributed by atoms with Gasteiger partial charge in [-0.2, -0.15) is 0 Å². The summed E-state index contributed by atoms with van der Waals surface area (Å²) in [4.78, 5) is 2.47. The topological polar surface area (TPSA) is 55.3 Å². The number of halogens is 2. The fourth-order valence-electron chi connectivity index (χ4n) is 2.75. The maximum atomic E-state index is 5.98. The molecule has 2 atom stereocenters. The summed E-state index contributed by atoms with van der Waals surface area (Å²) in [6.45, 7) is 0. The van der Waals surface area contributed by atoms with E-state index in [9.17, 15) is 0 Å². The van der Waals surface area contributed by atoms with Crippen molar-refractivity contribution in [1.82, 2.24) is 4.90 Å². The van der Waals surface area contributed by atoms with Crippen molar-refractivity contribution in [2.45, 2.75) is 49.9 Å². The van der Waals surface area contributed by atoms with E-state index in [2.05, 4.69) is 11.9 Å². The normalized spacial score (nSPS) is 35.4. The van der Waals surface area contributed by atoms with E-state index in [1.54, 1.807) is 0 Å². The van der Waals surface area contributed by atoms with Gasteiger partial charge in [0.1, 0.15) is 0 Å². The minimum atomic E-state index is -0.387. The van der Waals surface area contributed by atoms with Crippen molar-refractivity contribution in [2.24, 2.45) is 11.5 Å². The zero-order chi connectivity index (χ0) is 8.77. The molecule has 0 radical (unpaired) electrons. The number of nitrogens with zero attached hydrogens (tertiary/aromatic N) is 1. The van der Waals surface area contributed by atoms with Crippen LogP contribution in [0.25, 0.3) is 0 Å². The molecule has 2 bridgehead atoms. The van der Waals surface area contributed by atoms with Crippen LogP contribution in [0.5, 0.6) is 0 Å². The number of piperidine rings is 2. The number of hydrogen-bond donors (Lipinski definition) is 2. The molecule has 14 heavy (non-hydrogen) atoms. The zero-order valence-electron chi connectivity index (χ0n) is 8.61. The number of fused-ring (bicyclic) bond motifs is 2. The van der Waals surface area contributed by atoms with Gasteiger partial charge in [0.25, 0.3) is 0 Å². The predicted octanol–water partition coefficient (Wildman–Crippen LogP) is 1.09. The Kier molecular flexibility index (Phi) is 5.16. The van der Waals surface area contributed by atoms with Gasteiger partial charge in [0.05, 0.1) is 5.66 Å². The first-order valence-electron chi connectivity index (χ1n) is 4.88. The van der Waals surface area contributed by atoms with Crippen LogP contribution >= 0.6 is 24.8 Å². The van der Waals surface area contributed by atoms with Crippen LogP contribution in [0.2, 0.25) is 0 Å². The van der Waals surface area contributed by atoms with Crippen LogP contribution in [0.1, 0.15) is 32.1 Å².